The van der Waals surface area contributed by atoms with Crippen LogP contribution in [0.15, 0.2) is 18.2 Å². The van der Waals surface area contributed by atoms with Crippen LogP contribution in [-0.4, -0.2) is 32.9 Å². The van der Waals surface area contributed by atoms with Crippen molar-refractivity contribution >= 4 is 0 Å². The van der Waals surface area contributed by atoms with Gasteiger partial charge in [0.05, 0.1) is 0 Å². The maximum Gasteiger partial charge on any atom is 0.120 e. The summed E-state index contributed by atoms with van der Waals surface area (Å²) in [5.41, 5.74) is 2.59. The molecule has 3 nitrogen and oxygen atoms in total. The Labute approximate surface area is 123 Å². The monoisotopic (exact) mass is 279 g/mol. The van der Waals surface area contributed by atoms with Gasteiger partial charge in [-0.15, -0.1) is 0 Å². The van der Waals surface area contributed by atoms with Crippen molar-refractivity contribution in [1.82, 2.24) is 5.32 Å². The number of hydrogen-bond acceptors (Lipinski definition) is 3. The van der Waals surface area contributed by atoms with Gasteiger partial charge < -0.3 is 14.8 Å². The van der Waals surface area contributed by atoms with Crippen molar-refractivity contribution < 1.29 is 9.47 Å². The molecule has 0 bridgehead atoms. The summed E-state index contributed by atoms with van der Waals surface area (Å²) in [7, 11) is 1.73. The van der Waals surface area contributed by atoms with Crippen molar-refractivity contribution in [1.29, 1.82) is 0 Å². The molecule has 3 heteroatoms. The van der Waals surface area contributed by atoms with Crippen molar-refractivity contribution in [3.05, 3.63) is 29.3 Å². The molecule has 0 aliphatic rings. The summed E-state index contributed by atoms with van der Waals surface area (Å²) >= 11 is 0. The topological polar surface area (TPSA) is 30.5 Å². The molecule has 0 heterocycles. The van der Waals surface area contributed by atoms with E-state index in [0.29, 0.717) is 5.92 Å². The molecular weight excluding hydrogens is 250 g/mol. The van der Waals surface area contributed by atoms with Crippen LogP contribution >= 0.6 is 0 Å². The quantitative estimate of drug-likeness (QED) is 0.702. The molecule has 0 saturated carbocycles. The van der Waals surface area contributed by atoms with Crippen LogP contribution in [0.2, 0.25) is 0 Å². The molecule has 1 aromatic carbocycles. The van der Waals surface area contributed by atoms with Gasteiger partial charge in [-0.3, -0.25) is 0 Å². The molecule has 0 aliphatic carbocycles. The molecule has 0 saturated heterocycles. The van der Waals surface area contributed by atoms with Crippen molar-refractivity contribution in [3.8, 4) is 5.75 Å². The molecule has 20 heavy (non-hydrogen) atoms. The lowest BCUT2D eigenvalue weighted by Crippen LogP contribution is -2.30. The van der Waals surface area contributed by atoms with E-state index in [1.807, 2.05) is 0 Å². The zero-order valence-electron chi connectivity index (χ0n) is 13.5. The van der Waals surface area contributed by atoms with E-state index in [1.54, 1.807) is 7.11 Å². The van der Waals surface area contributed by atoms with Crippen LogP contribution in [0.3, 0.4) is 0 Å². The zero-order valence-corrected chi connectivity index (χ0v) is 13.5. The van der Waals surface area contributed by atoms with Crippen molar-refractivity contribution in [2.24, 2.45) is 0 Å². The van der Waals surface area contributed by atoms with Gasteiger partial charge in [0, 0.05) is 20.3 Å². The van der Waals surface area contributed by atoms with Gasteiger partial charge in [-0.2, -0.15) is 0 Å². The van der Waals surface area contributed by atoms with E-state index in [9.17, 15) is 0 Å². The molecule has 0 amide bonds. The number of nitrogens with one attached hydrogen (secondary N) is 1. The van der Waals surface area contributed by atoms with Crippen LogP contribution in [0.4, 0.5) is 0 Å². The summed E-state index contributed by atoms with van der Waals surface area (Å²) in [6, 6.07) is 6.48. The summed E-state index contributed by atoms with van der Waals surface area (Å²) in [5.74, 6) is 1.50. The standard InChI is InChI=1S/C17H29NO2/c1-13(2)16-9-14(3)10-17(11-16)20-15(4)12-18-7-6-8-19-5/h9-11,13,15,18H,6-8,12H2,1-5H3. The molecule has 1 atom stereocenters. The van der Waals surface area contributed by atoms with Crippen LogP contribution < -0.4 is 10.1 Å². The first-order valence-corrected chi connectivity index (χ1v) is 7.50. The van der Waals surface area contributed by atoms with E-state index in [2.05, 4.69) is 51.2 Å². The number of hydrogen-bond donors (Lipinski definition) is 1. The molecule has 1 rings (SSSR count). The van der Waals surface area contributed by atoms with Crippen molar-refractivity contribution in [2.45, 2.75) is 46.1 Å². The first kappa shape index (κ1) is 17.0. The third kappa shape index (κ3) is 6.40. The third-order valence-electron chi connectivity index (χ3n) is 3.21. The van der Waals surface area contributed by atoms with Crippen molar-refractivity contribution in [3.63, 3.8) is 0 Å². The number of rotatable bonds is 9. The molecule has 1 unspecified atom stereocenters. The minimum Gasteiger partial charge on any atom is -0.489 e. The van der Waals surface area contributed by atoms with Gasteiger partial charge >= 0.3 is 0 Å². The fraction of sp³-hybridized carbons (Fsp3) is 0.647. The van der Waals surface area contributed by atoms with Gasteiger partial charge in [-0.05, 0) is 56.0 Å². The van der Waals surface area contributed by atoms with E-state index in [-0.39, 0.29) is 6.10 Å². The minimum absolute atomic E-state index is 0.166. The highest BCUT2D eigenvalue weighted by Gasteiger charge is 2.07. The zero-order chi connectivity index (χ0) is 15.0. The van der Waals surface area contributed by atoms with Gasteiger partial charge in [0.1, 0.15) is 11.9 Å². The van der Waals surface area contributed by atoms with E-state index < -0.39 is 0 Å². The minimum atomic E-state index is 0.166. The van der Waals surface area contributed by atoms with E-state index in [1.165, 1.54) is 11.1 Å². The maximum absolute atomic E-state index is 6.00. The SMILES string of the molecule is COCCCNCC(C)Oc1cc(C)cc(C(C)C)c1. The Hall–Kier alpha value is -1.06. The number of benzene rings is 1. The van der Waals surface area contributed by atoms with Crippen LogP contribution in [0.25, 0.3) is 0 Å². The first-order valence-electron chi connectivity index (χ1n) is 7.50. The molecular formula is C17H29NO2. The van der Waals surface area contributed by atoms with Crippen LogP contribution in [0.5, 0.6) is 5.75 Å². The average Bonchev–Trinajstić information content (AvgIpc) is 2.37. The summed E-state index contributed by atoms with van der Waals surface area (Å²) in [5, 5.41) is 3.39. The van der Waals surface area contributed by atoms with Gasteiger partial charge in [0.25, 0.3) is 0 Å². The fourth-order valence-electron chi connectivity index (χ4n) is 2.10. The summed E-state index contributed by atoms with van der Waals surface area (Å²) in [6.45, 7) is 11.3. The second kappa shape index (κ2) is 8.98. The largest absolute Gasteiger partial charge is 0.489 e. The Morgan fingerprint density at radius 3 is 2.55 bits per heavy atom. The smallest absolute Gasteiger partial charge is 0.120 e. The third-order valence-corrected chi connectivity index (χ3v) is 3.21. The highest BCUT2D eigenvalue weighted by atomic mass is 16.5. The van der Waals surface area contributed by atoms with Crippen LogP contribution in [0.1, 0.15) is 44.2 Å². The second-order valence-electron chi connectivity index (χ2n) is 5.71. The lowest BCUT2D eigenvalue weighted by atomic mass is 10.0. The van der Waals surface area contributed by atoms with Gasteiger partial charge in [-0.25, -0.2) is 0 Å². The first-order chi connectivity index (χ1) is 9.52. The molecule has 0 radical (unpaired) electrons. The molecule has 0 aromatic heterocycles. The lowest BCUT2D eigenvalue weighted by Gasteiger charge is -2.17. The Morgan fingerprint density at radius 2 is 1.90 bits per heavy atom. The van der Waals surface area contributed by atoms with Crippen LogP contribution in [-0.2, 0) is 4.74 Å². The van der Waals surface area contributed by atoms with Gasteiger partial charge in [0.15, 0.2) is 0 Å². The highest BCUT2D eigenvalue weighted by Crippen LogP contribution is 2.23. The Bertz CT molecular complexity index is 391. The average molecular weight is 279 g/mol. The second-order valence-corrected chi connectivity index (χ2v) is 5.71. The maximum atomic E-state index is 6.00. The molecule has 0 spiro atoms. The fourth-order valence-corrected chi connectivity index (χ4v) is 2.10. The van der Waals surface area contributed by atoms with E-state index >= 15 is 0 Å². The molecule has 0 fully saturated rings. The number of ether oxygens (including phenoxy) is 2. The summed E-state index contributed by atoms with van der Waals surface area (Å²) in [6.07, 6.45) is 1.20. The Morgan fingerprint density at radius 1 is 1.15 bits per heavy atom. The highest BCUT2D eigenvalue weighted by molar-refractivity contribution is 5.35. The predicted octanol–water partition coefficient (Wildman–Crippen LogP) is 3.51. The van der Waals surface area contributed by atoms with Gasteiger partial charge in [-0.1, -0.05) is 19.9 Å². The van der Waals surface area contributed by atoms with Crippen molar-refractivity contribution in [2.75, 3.05) is 26.8 Å². The summed E-state index contributed by atoms with van der Waals surface area (Å²) < 4.78 is 11.0. The molecule has 114 valence electrons. The number of aryl methyl sites for hydroxylation is 1. The lowest BCUT2D eigenvalue weighted by molar-refractivity contribution is 0.188. The normalized spacial score (nSPS) is 12.7. The molecule has 1 N–H and O–H groups in total. The Kier molecular flexibility index (Phi) is 7.63. The predicted molar refractivity (Wildman–Crippen MR) is 84.7 cm³/mol. The molecule has 1 aromatic rings. The number of methoxy groups -OCH3 is 1. The summed E-state index contributed by atoms with van der Waals surface area (Å²) in [4.78, 5) is 0. The van der Waals surface area contributed by atoms with E-state index in [0.717, 1.165) is 31.9 Å². The Balaban J connectivity index is 2.43. The molecule has 0 aliphatic heterocycles. The van der Waals surface area contributed by atoms with Crippen LogP contribution in [0, 0.1) is 6.92 Å². The van der Waals surface area contributed by atoms with Gasteiger partial charge in [0.2, 0.25) is 0 Å². The van der Waals surface area contributed by atoms with E-state index in [4.69, 9.17) is 9.47 Å².